The molecule has 1 aliphatic rings. The van der Waals surface area contributed by atoms with Crippen molar-refractivity contribution in [2.24, 2.45) is 5.92 Å². The number of carbonyl (C=O) groups excluding carboxylic acids is 1. The molecule has 1 N–H and O–H groups in total. The fourth-order valence-corrected chi connectivity index (χ4v) is 4.58. The summed E-state index contributed by atoms with van der Waals surface area (Å²) >= 11 is 1.39. The number of amides is 1. The van der Waals surface area contributed by atoms with E-state index in [0.717, 1.165) is 15.0 Å². The number of aliphatic hydroxyl groups excluding tert-OH is 1. The van der Waals surface area contributed by atoms with Gasteiger partial charge in [0.25, 0.3) is 0 Å². The highest BCUT2D eigenvalue weighted by molar-refractivity contribution is 8.00. The molecule has 140 valence electrons. The number of ether oxygens (including phenoxy) is 1. The van der Waals surface area contributed by atoms with Crippen LogP contribution in [0.5, 0.6) is 5.75 Å². The summed E-state index contributed by atoms with van der Waals surface area (Å²) in [6.07, 6.45) is -0.819. The summed E-state index contributed by atoms with van der Waals surface area (Å²) in [5.74, 6) is 0.221. The molecule has 2 unspecified atom stereocenters. The first-order valence-electron chi connectivity index (χ1n) is 7.86. The van der Waals surface area contributed by atoms with Crippen LogP contribution in [0.1, 0.15) is 0 Å². The lowest BCUT2D eigenvalue weighted by molar-refractivity contribution is -0.127. The second kappa shape index (κ2) is 8.39. The third-order valence-electron chi connectivity index (χ3n) is 4.14. The zero-order valence-corrected chi connectivity index (χ0v) is 16.2. The second-order valence-electron chi connectivity index (χ2n) is 6.15. The first-order valence-corrected chi connectivity index (χ1v) is 10.5. The van der Waals surface area contributed by atoms with Crippen molar-refractivity contribution < 1.29 is 23.1 Å². The summed E-state index contributed by atoms with van der Waals surface area (Å²) in [5.41, 5.74) is 0. The van der Waals surface area contributed by atoms with E-state index >= 15 is 0 Å². The zero-order chi connectivity index (χ0) is 18.6. The van der Waals surface area contributed by atoms with E-state index in [1.807, 2.05) is 24.3 Å². The smallest absolute Gasteiger partial charge is 0.233 e. The van der Waals surface area contributed by atoms with Crippen molar-refractivity contribution in [3.8, 4) is 5.75 Å². The first-order chi connectivity index (χ1) is 11.7. The van der Waals surface area contributed by atoms with E-state index in [9.17, 15) is 18.3 Å². The molecule has 1 saturated heterocycles. The molecule has 0 aromatic heterocycles. The quantitative estimate of drug-likeness (QED) is 0.685. The van der Waals surface area contributed by atoms with Crippen molar-refractivity contribution in [3.05, 3.63) is 24.3 Å². The molecule has 1 amide bonds. The largest absolute Gasteiger partial charge is 0.497 e. The number of hydrogen-bond donors (Lipinski definition) is 1. The summed E-state index contributed by atoms with van der Waals surface area (Å²) in [6.45, 7) is 0.427. The minimum atomic E-state index is -3.41. The molecule has 1 aromatic carbocycles. The maximum atomic E-state index is 12.4. The Balaban J connectivity index is 1.90. The van der Waals surface area contributed by atoms with Crippen LogP contribution >= 0.6 is 11.8 Å². The first kappa shape index (κ1) is 20.0. The number of β-amino-alcohol motifs (C(OH)–C–C–N with tert-alkyl or cyclic N) is 1. The summed E-state index contributed by atoms with van der Waals surface area (Å²) in [6, 6.07) is 7.43. The fourth-order valence-electron chi connectivity index (χ4n) is 2.57. The molecule has 9 heteroatoms. The number of thioether (sulfide) groups is 1. The van der Waals surface area contributed by atoms with E-state index in [1.54, 1.807) is 7.11 Å². The van der Waals surface area contributed by atoms with E-state index in [0.29, 0.717) is 0 Å². The third-order valence-corrected chi connectivity index (χ3v) is 7.08. The van der Waals surface area contributed by atoms with Crippen molar-refractivity contribution in [1.82, 2.24) is 9.21 Å². The summed E-state index contributed by atoms with van der Waals surface area (Å²) in [5, 5.41) is 10.1. The van der Waals surface area contributed by atoms with Crippen molar-refractivity contribution in [1.29, 1.82) is 0 Å². The normalized spacial score (nSPS) is 20.9. The van der Waals surface area contributed by atoms with Crippen molar-refractivity contribution in [2.75, 3.05) is 45.8 Å². The van der Waals surface area contributed by atoms with E-state index in [-0.39, 0.29) is 30.5 Å². The predicted molar refractivity (Wildman–Crippen MR) is 97.3 cm³/mol. The number of hydrogen-bond acceptors (Lipinski definition) is 6. The van der Waals surface area contributed by atoms with E-state index < -0.39 is 22.0 Å². The molecule has 1 aromatic rings. The number of carbonyl (C=O) groups is 1. The molecule has 1 fully saturated rings. The van der Waals surface area contributed by atoms with Crippen LogP contribution in [-0.4, -0.2) is 80.5 Å². The number of aliphatic hydroxyl groups is 1. The Morgan fingerprint density at radius 1 is 1.40 bits per heavy atom. The van der Waals surface area contributed by atoms with Gasteiger partial charge in [-0.2, -0.15) is 0 Å². The molecule has 25 heavy (non-hydrogen) atoms. The summed E-state index contributed by atoms with van der Waals surface area (Å²) < 4.78 is 30.2. The Morgan fingerprint density at radius 3 is 2.76 bits per heavy atom. The molecule has 0 spiro atoms. The highest BCUT2D eigenvalue weighted by Crippen LogP contribution is 2.25. The number of rotatable bonds is 7. The third kappa shape index (κ3) is 5.34. The van der Waals surface area contributed by atoms with E-state index in [1.165, 1.54) is 30.8 Å². The van der Waals surface area contributed by atoms with Gasteiger partial charge in [-0.3, -0.25) is 4.79 Å². The molecule has 1 heterocycles. The highest BCUT2D eigenvalue weighted by atomic mass is 32.2. The molecule has 1 aliphatic heterocycles. The lowest BCUT2D eigenvalue weighted by Crippen LogP contribution is -2.34. The maximum Gasteiger partial charge on any atom is 0.233 e. The van der Waals surface area contributed by atoms with Gasteiger partial charge in [0, 0.05) is 38.0 Å². The van der Waals surface area contributed by atoms with Gasteiger partial charge in [-0.1, -0.05) is 6.07 Å². The number of nitrogens with zero attached hydrogens (tertiary/aromatic N) is 2. The topological polar surface area (TPSA) is 87.1 Å². The zero-order valence-electron chi connectivity index (χ0n) is 14.6. The van der Waals surface area contributed by atoms with Gasteiger partial charge < -0.3 is 14.7 Å². The molecular weight excluding hydrogens is 364 g/mol. The number of likely N-dealkylation sites (tertiary alicyclic amines) is 1. The van der Waals surface area contributed by atoms with Crippen LogP contribution in [0.4, 0.5) is 0 Å². The van der Waals surface area contributed by atoms with Crippen molar-refractivity contribution in [3.63, 3.8) is 0 Å². The molecule has 0 bridgehead atoms. The molecular formula is C16H24N2O5S2. The van der Waals surface area contributed by atoms with Gasteiger partial charge in [0.1, 0.15) is 5.75 Å². The van der Waals surface area contributed by atoms with Gasteiger partial charge in [-0.05, 0) is 18.2 Å². The van der Waals surface area contributed by atoms with Gasteiger partial charge in [0.05, 0.1) is 24.7 Å². The second-order valence-corrected chi connectivity index (χ2v) is 9.43. The van der Waals surface area contributed by atoms with Crippen LogP contribution in [-0.2, 0) is 14.8 Å². The van der Waals surface area contributed by atoms with Gasteiger partial charge in [0.2, 0.25) is 15.9 Å². The molecule has 7 nitrogen and oxygen atoms in total. The number of methoxy groups -OCH3 is 1. The highest BCUT2D eigenvalue weighted by Gasteiger charge is 2.37. The lowest BCUT2D eigenvalue weighted by Gasteiger charge is -2.18. The van der Waals surface area contributed by atoms with Crippen LogP contribution in [0.2, 0.25) is 0 Å². The van der Waals surface area contributed by atoms with Crippen LogP contribution in [0.15, 0.2) is 29.2 Å². The van der Waals surface area contributed by atoms with Gasteiger partial charge in [0.15, 0.2) is 0 Å². The minimum Gasteiger partial charge on any atom is -0.497 e. The molecule has 0 radical (unpaired) electrons. The van der Waals surface area contributed by atoms with Crippen LogP contribution in [0.25, 0.3) is 0 Å². The fraction of sp³-hybridized carbons (Fsp3) is 0.562. The summed E-state index contributed by atoms with van der Waals surface area (Å²) in [7, 11) is 1.10. The van der Waals surface area contributed by atoms with Crippen molar-refractivity contribution >= 4 is 27.7 Å². The summed E-state index contributed by atoms with van der Waals surface area (Å²) in [4.78, 5) is 14.8. The maximum absolute atomic E-state index is 12.4. The van der Waals surface area contributed by atoms with Gasteiger partial charge in [-0.25, -0.2) is 12.7 Å². The van der Waals surface area contributed by atoms with Crippen LogP contribution in [0, 0.1) is 5.92 Å². The Bertz CT molecular complexity index is 708. The monoisotopic (exact) mass is 388 g/mol. The number of sulfonamides is 1. The van der Waals surface area contributed by atoms with E-state index in [2.05, 4.69) is 0 Å². The Hall–Kier alpha value is -1.29. The Kier molecular flexibility index (Phi) is 6.72. The van der Waals surface area contributed by atoms with Crippen LogP contribution in [0.3, 0.4) is 0 Å². The molecule has 0 aliphatic carbocycles. The standard InChI is InChI=1S/C16H24N2O5S2/c1-17(2)25(21,22)11-12-8-18(9-15(12)19)16(20)10-24-14-6-4-5-13(7-14)23-3/h4-7,12,15,19H,8-11H2,1-3H3. The Morgan fingerprint density at radius 2 is 2.12 bits per heavy atom. The number of benzene rings is 1. The van der Waals surface area contributed by atoms with Gasteiger partial charge >= 0.3 is 0 Å². The van der Waals surface area contributed by atoms with E-state index in [4.69, 9.17) is 4.74 Å². The lowest BCUT2D eigenvalue weighted by atomic mass is 10.1. The molecule has 0 saturated carbocycles. The van der Waals surface area contributed by atoms with Crippen LogP contribution < -0.4 is 4.74 Å². The average molecular weight is 389 g/mol. The van der Waals surface area contributed by atoms with Crippen molar-refractivity contribution in [2.45, 2.75) is 11.0 Å². The minimum absolute atomic E-state index is 0.114. The molecule has 2 atom stereocenters. The SMILES string of the molecule is COc1cccc(SCC(=O)N2CC(O)C(CS(=O)(=O)N(C)C)C2)c1. The predicted octanol–water partition coefficient (Wildman–Crippen LogP) is 0.498. The average Bonchev–Trinajstić information content (AvgIpc) is 2.93. The Labute approximate surface area is 153 Å². The molecule has 2 rings (SSSR count). The van der Waals surface area contributed by atoms with Gasteiger partial charge in [-0.15, -0.1) is 11.8 Å².